The Labute approximate surface area is 239 Å². The zero-order valence-electron chi connectivity index (χ0n) is 20.3. The van der Waals surface area contributed by atoms with Crippen LogP contribution in [-0.2, 0) is 13.0 Å². The van der Waals surface area contributed by atoms with Gasteiger partial charge in [-0.25, -0.2) is 4.39 Å². The predicted octanol–water partition coefficient (Wildman–Crippen LogP) is -0.644. The first-order valence-corrected chi connectivity index (χ1v) is 11.1. The molecule has 8 heteroatoms. The smallest absolute Gasteiger partial charge is 0.549 e. The third kappa shape index (κ3) is 7.25. The Morgan fingerprint density at radius 1 is 1.24 bits per heavy atom. The molecule has 0 atom stereocenters. The van der Waals surface area contributed by atoms with E-state index in [2.05, 4.69) is 36.0 Å². The van der Waals surface area contributed by atoms with Crippen LogP contribution >= 0.6 is 0 Å². The first-order valence-electron chi connectivity index (χ1n) is 11.1. The van der Waals surface area contributed by atoms with Crippen molar-refractivity contribution in [3.05, 3.63) is 70.4 Å². The van der Waals surface area contributed by atoms with Crippen molar-refractivity contribution in [3.63, 3.8) is 0 Å². The quantitative estimate of drug-likeness (QED) is 0.389. The van der Waals surface area contributed by atoms with E-state index in [1.807, 2.05) is 6.07 Å². The molecule has 0 unspecified atom stereocenters. The Morgan fingerprint density at radius 3 is 2.55 bits per heavy atom. The molecule has 2 aromatic rings. The molecule has 0 bridgehead atoms. The molecule has 1 aliphatic heterocycles. The SMILES string of the molecule is [CH2-]c1cc(Cc2ccc(C(=O)NC)c(F)c2)c(C)c(CN2CCN(C)CC2)c1OCCN.[K+]. The molecule has 3 N–H and O–H groups in total. The van der Waals surface area contributed by atoms with Crippen LogP contribution in [0.4, 0.5) is 4.39 Å². The number of carbonyl (C=O) groups excluding carboxylic acids is 1. The summed E-state index contributed by atoms with van der Waals surface area (Å²) in [5.41, 5.74) is 10.7. The summed E-state index contributed by atoms with van der Waals surface area (Å²) in [6.07, 6.45) is 0.548. The van der Waals surface area contributed by atoms with E-state index >= 15 is 0 Å². The molecule has 33 heavy (non-hydrogen) atoms. The molecule has 1 fully saturated rings. The van der Waals surface area contributed by atoms with Crippen molar-refractivity contribution in [2.24, 2.45) is 5.73 Å². The van der Waals surface area contributed by atoms with Crippen LogP contribution < -0.4 is 67.2 Å². The molecule has 3 rings (SSSR count). The van der Waals surface area contributed by atoms with Gasteiger partial charge in [0.25, 0.3) is 5.91 Å². The molecule has 1 aliphatic rings. The van der Waals surface area contributed by atoms with Crippen LogP contribution in [0.3, 0.4) is 0 Å². The van der Waals surface area contributed by atoms with Crippen molar-refractivity contribution in [2.75, 3.05) is 53.4 Å². The second kappa shape index (κ2) is 13.2. The van der Waals surface area contributed by atoms with E-state index in [-0.39, 0.29) is 56.9 Å². The van der Waals surface area contributed by atoms with Crippen LogP contribution in [0.2, 0.25) is 0 Å². The summed E-state index contributed by atoms with van der Waals surface area (Å²) in [6, 6.07) is 6.79. The van der Waals surface area contributed by atoms with Crippen LogP contribution in [-0.4, -0.2) is 69.1 Å². The Balaban J connectivity index is 0.00000385. The first-order chi connectivity index (χ1) is 15.3. The third-order valence-corrected chi connectivity index (χ3v) is 6.09. The van der Waals surface area contributed by atoms with Gasteiger partial charge in [0.1, 0.15) is 5.82 Å². The Morgan fingerprint density at radius 2 is 1.94 bits per heavy atom. The Hall–Kier alpha value is -0.974. The molecular weight excluding hydrogens is 446 g/mol. The molecule has 174 valence electrons. The molecule has 0 radical (unpaired) electrons. The number of halogens is 1. The standard InChI is InChI=1S/C25H34FN4O2.K/c1-17-13-20(14-19-5-6-21(23(26)15-19)25(31)28-3)18(2)22(24(17)32-12-7-27)16-30-10-8-29(4)9-11-30;/h5-6,13,15H,1,7-12,14,16,27H2,2-4H3,(H,28,31);/q-1;+1. The predicted molar refractivity (Wildman–Crippen MR) is 126 cm³/mol. The van der Waals surface area contributed by atoms with E-state index in [0.717, 1.165) is 66.3 Å². The molecule has 0 saturated carbocycles. The van der Waals surface area contributed by atoms with Gasteiger partial charge in [0.05, 0.1) is 12.2 Å². The van der Waals surface area contributed by atoms with Gasteiger partial charge in [-0.15, -0.1) is 0 Å². The van der Waals surface area contributed by atoms with Crippen LogP contribution in [0.15, 0.2) is 24.3 Å². The fourth-order valence-electron chi connectivity index (χ4n) is 4.09. The number of likely N-dealkylation sites (N-methyl/N-ethyl adjacent to an activating group) is 1. The van der Waals surface area contributed by atoms with E-state index < -0.39 is 11.7 Å². The minimum atomic E-state index is -0.519. The van der Waals surface area contributed by atoms with Gasteiger partial charge >= 0.3 is 51.4 Å². The van der Waals surface area contributed by atoms with Crippen molar-refractivity contribution in [1.82, 2.24) is 15.1 Å². The normalized spacial score (nSPS) is 14.6. The van der Waals surface area contributed by atoms with Gasteiger partial charge in [-0.05, 0) is 43.7 Å². The zero-order chi connectivity index (χ0) is 23.3. The maximum Gasteiger partial charge on any atom is 1.00 e. The minimum absolute atomic E-state index is 0. The number of carbonyl (C=O) groups is 1. The van der Waals surface area contributed by atoms with Gasteiger partial charge in [-0.3, -0.25) is 9.69 Å². The number of ether oxygens (including phenoxy) is 1. The van der Waals surface area contributed by atoms with Gasteiger partial charge in [0.2, 0.25) is 0 Å². The van der Waals surface area contributed by atoms with Gasteiger partial charge < -0.3 is 20.7 Å². The summed E-state index contributed by atoms with van der Waals surface area (Å²) in [4.78, 5) is 16.5. The fourth-order valence-corrected chi connectivity index (χ4v) is 4.09. The van der Waals surface area contributed by atoms with Crippen molar-refractivity contribution in [2.45, 2.75) is 19.9 Å². The molecule has 1 saturated heterocycles. The number of rotatable bonds is 8. The Bertz CT molecular complexity index is 962. The first kappa shape index (κ1) is 28.3. The largest absolute Gasteiger partial charge is 1.00 e. The average Bonchev–Trinajstić information content (AvgIpc) is 2.77. The monoisotopic (exact) mass is 480 g/mol. The maximum atomic E-state index is 14.5. The van der Waals surface area contributed by atoms with Crippen LogP contribution in [0.5, 0.6) is 5.75 Å². The van der Waals surface area contributed by atoms with Gasteiger partial charge in [0, 0.05) is 52.1 Å². The molecule has 0 aliphatic carbocycles. The van der Waals surface area contributed by atoms with Crippen LogP contribution in [0.25, 0.3) is 0 Å². The second-order valence-corrected chi connectivity index (χ2v) is 8.41. The number of piperazine rings is 1. The molecule has 0 spiro atoms. The number of nitrogens with one attached hydrogen (secondary N) is 1. The minimum Gasteiger partial charge on any atom is -0.549 e. The summed E-state index contributed by atoms with van der Waals surface area (Å²) < 4.78 is 20.5. The van der Waals surface area contributed by atoms with Crippen molar-refractivity contribution in [1.29, 1.82) is 0 Å². The van der Waals surface area contributed by atoms with Gasteiger partial charge in [-0.1, -0.05) is 17.2 Å². The zero-order valence-corrected chi connectivity index (χ0v) is 23.5. The van der Waals surface area contributed by atoms with Gasteiger partial charge in [-0.2, -0.15) is 18.6 Å². The summed E-state index contributed by atoms with van der Waals surface area (Å²) >= 11 is 0. The van der Waals surface area contributed by atoms with E-state index in [4.69, 9.17) is 10.5 Å². The number of nitrogens with zero attached hydrogens (tertiary/aromatic N) is 2. The van der Waals surface area contributed by atoms with E-state index in [1.54, 1.807) is 6.07 Å². The molecule has 6 nitrogen and oxygen atoms in total. The van der Waals surface area contributed by atoms with E-state index in [9.17, 15) is 9.18 Å². The molecule has 1 heterocycles. The number of nitrogens with two attached hydrogens (primary N) is 1. The fraction of sp³-hybridized carbons (Fsp3) is 0.440. The summed E-state index contributed by atoms with van der Waals surface area (Å²) in [5.74, 6) is -0.146. The van der Waals surface area contributed by atoms with Crippen molar-refractivity contribution >= 4 is 5.91 Å². The van der Waals surface area contributed by atoms with E-state index in [0.29, 0.717) is 19.6 Å². The second-order valence-electron chi connectivity index (χ2n) is 8.41. The van der Waals surface area contributed by atoms with Crippen molar-refractivity contribution in [3.8, 4) is 5.75 Å². The summed E-state index contributed by atoms with van der Waals surface area (Å²) in [6.45, 7) is 12.0. The summed E-state index contributed by atoms with van der Waals surface area (Å²) in [7, 11) is 3.63. The number of benzene rings is 2. The maximum absolute atomic E-state index is 14.5. The average molecular weight is 481 g/mol. The summed E-state index contributed by atoms with van der Waals surface area (Å²) in [5, 5.41) is 2.46. The topological polar surface area (TPSA) is 70.8 Å². The molecular formula is C25H34FKN4O2. The van der Waals surface area contributed by atoms with Crippen LogP contribution in [0.1, 0.15) is 38.2 Å². The number of hydrogen-bond donors (Lipinski definition) is 2. The molecule has 2 aromatic carbocycles. The van der Waals surface area contributed by atoms with Gasteiger partial charge in [0.15, 0.2) is 0 Å². The molecule has 0 aromatic heterocycles. The molecule has 1 amide bonds. The van der Waals surface area contributed by atoms with E-state index in [1.165, 1.54) is 19.2 Å². The number of hydrogen-bond acceptors (Lipinski definition) is 5. The van der Waals surface area contributed by atoms with Crippen molar-refractivity contribution < 1.29 is 65.3 Å². The van der Waals surface area contributed by atoms with Crippen LogP contribution in [0, 0.1) is 19.7 Å². The third-order valence-electron chi connectivity index (χ3n) is 6.09. The Kier molecular flexibility index (Phi) is 11.3. The number of amides is 1.